The third-order valence-electron chi connectivity index (χ3n) is 7.52. The lowest BCUT2D eigenvalue weighted by Crippen LogP contribution is -2.54. The molecule has 9 heteroatoms. The van der Waals surface area contributed by atoms with E-state index in [2.05, 4.69) is 49.6 Å². The quantitative estimate of drug-likeness (QED) is 0.398. The number of aromatic amines is 1. The van der Waals surface area contributed by atoms with E-state index in [1.54, 1.807) is 14.0 Å². The zero-order chi connectivity index (χ0) is 26.0. The van der Waals surface area contributed by atoms with E-state index >= 15 is 4.39 Å². The molecule has 3 aromatic rings. The van der Waals surface area contributed by atoms with Gasteiger partial charge in [0, 0.05) is 62.5 Å². The van der Waals surface area contributed by atoms with Crippen LogP contribution >= 0.6 is 0 Å². The summed E-state index contributed by atoms with van der Waals surface area (Å²) >= 11 is 0. The largest absolute Gasteiger partial charge is 0.496 e. The van der Waals surface area contributed by atoms with Crippen LogP contribution in [0.3, 0.4) is 0 Å². The first kappa shape index (κ1) is 25.9. The van der Waals surface area contributed by atoms with Gasteiger partial charge in [0.05, 0.1) is 44.2 Å². The molecule has 0 aliphatic carbocycles. The smallest absolute Gasteiger partial charge is 0.144 e. The number of methoxy groups -OCH3 is 2. The number of alkyl halides is 2. The molecule has 2 aromatic carbocycles. The number of nitrogens with one attached hydrogen (secondary N) is 2. The molecule has 200 valence electrons. The van der Waals surface area contributed by atoms with Gasteiger partial charge < -0.3 is 14.8 Å². The van der Waals surface area contributed by atoms with Crippen molar-refractivity contribution in [3.8, 4) is 5.75 Å². The second-order valence-electron chi connectivity index (χ2n) is 10.5. The molecule has 0 amide bonds. The number of anilines is 1. The van der Waals surface area contributed by atoms with Gasteiger partial charge in [0.15, 0.2) is 0 Å². The molecule has 0 saturated carbocycles. The second kappa shape index (κ2) is 10.9. The number of hydrogen-bond donors (Lipinski definition) is 2. The summed E-state index contributed by atoms with van der Waals surface area (Å²) in [6.07, 6.45) is 3.28. The van der Waals surface area contributed by atoms with E-state index < -0.39 is 5.67 Å². The molecule has 1 saturated heterocycles. The van der Waals surface area contributed by atoms with Crippen LogP contribution in [0.25, 0.3) is 10.9 Å². The molecule has 2 unspecified atom stereocenters. The van der Waals surface area contributed by atoms with Crippen LogP contribution in [0.4, 0.5) is 14.5 Å². The number of fused-ring (bicyclic) bond motifs is 3. The number of likely N-dealkylation sites (tertiary alicyclic amines) is 1. The van der Waals surface area contributed by atoms with Crippen molar-refractivity contribution in [1.29, 1.82) is 0 Å². The molecule has 2 aliphatic rings. The molecule has 0 bridgehead atoms. The molecule has 0 radical (unpaired) electrons. The lowest BCUT2D eigenvalue weighted by Gasteiger charge is -2.41. The second-order valence-corrected chi connectivity index (χ2v) is 10.5. The van der Waals surface area contributed by atoms with Crippen LogP contribution < -0.4 is 10.1 Å². The van der Waals surface area contributed by atoms with Gasteiger partial charge in [0.2, 0.25) is 0 Å². The van der Waals surface area contributed by atoms with Crippen molar-refractivity contribution in [1.82, 2.24) is 20.0 Å². The lowest BCUT2D eigenvalue weighted by atomic mass is 9.85. The topological polar surface area (TPSA) is 65.7 Å². The van der Waals surface area contributed by atoms with Gasteiger partial charge >= 0.3 is 0 Å². The van der Waals surface area contributed by atoms with Crippen LogP contribution in [-0.4, -0.2) is 91.9 Å². The van der Waals surface area contributed by atoms with Crippen molar-refractivity contribution in [2.75, 3.05) is 65.5 Å². The Morgan fingerprint density at radius 2 is 2.00 bits per heavy atom. The Morgan fingerprint density at radius 1 is 1.19 bits per heavy atom. The van der Waals surface area contributed by atoms with Crippen LogP contribution in [0.15, 0.2) is 36.5 Å². The maximum atomic E-state index is 15.4. The van der Waals surface area contributed by atoms with Gasteiger partial charge in [-0.1, -0.05) is 12.1 Å². The zero-order valence-corrected chi connectivity index (χ0v) is 21.9. The fourth-order valence-corrected chi connectivity index (χ4v) is 5.90. The minimum absolute atomic E-state index is 0.0353. The molecule has 0 spiro atoms. The molecule has 2 N–H and O–H groups in total. The third-order valence-corrected chi connectivity index (χ3v) is 7.52. The number of rotatable bonds is 11. The maximum Gasteiger partial charge on any atom is 0.144 e. The van der Waals surface area contributed by atoms with E-state index in [0.29, 0.717) is 19.0 Å². The maximum absolute atomic E-state index is 15.4. The summed E-state index contributed by atoms with van der Waals surface area (Å²) in [5.74, 6) is 0.765. The Bertz CT molecular complexity index is 1210. The van der Waals surface area contributed by atoms with E-state index in [9.17, 15) is 4.39 Å². The van der Waals surface area contributed by atoms with E-state index in [-0.39, 0.29) is 25.9 Å². The molecule has 2 atom stereocenters. The van der Waals surface area contributed by atoms with Crippen molar-refractivity contribution in [2.45, 2.75) is 37.5 Å². The van der Waals surface area contributed by atoms with Crippen molar-refractivity contribution in [3.63, 3.8) is 0 Å². The van der Waals surface area contributed by atoms with Crippen LogP contribution in [0.1, 0.15) is 36.1 Å². The van der Waals surface area contributed by atoms with Crippen LogP contribution in [0.2, 0.25) is 0 Å². The summed E-state index contributed by atoms with van der Waals surface area (Å²) in [7, 11) is 3.22. The van der Waals surface area contributed by atoms with E-state index in [4.69, 9.17) is 9.47 Å². The zero-order valence-electron chi connectivity index (χ0n) is 21.9. The Balaban J connectivity index is 1.45. The van der Waals surface area contributed by atoms with Gasteiger partial charge in [-0.05, 0) is 43.0 Å². The molecule has 1 aromatic heterocycles. The first-order chi connectivity index (χ1) is 17.9. The van der Waals surface area contributed by atoms with Gasteiger partial charge in [0.25, 0.3) is 0 Å². The normalized spacial score (nSPS) is 20.4. The number of nitrogens with zero attached hydrogens (tertiary/aromatic N) is 3. The first-order valence-corrected chi connectivity index (χ1v) is 13.0. The lowest BCUT2D eigenvalue weighted by molar-refractivity contribution is 0.0153. The summed E-state index contributed by atoms with van der Waals surface area (Å²) in [6.45, 7) is 4.93. The number of aromatic nitrogens is 2. The highest BCUT2D eigenvalue weighted by molar-refractivity contribution is 5.83. The van der Waals surface area contributed by atoms with Gasteiger partial charge in [-0.25, -0.2) is 4.39 Å². The van der Waals surface area contributed by atoms with Gasteiger partial charge in [-0.3, -0.25) is 19.3 Å². The van der Waals surface area contributed by atoms with Gasteiger partial charge in [-0.15, -0.1) is 0 Å². The van der Waals surface area contributed by atoms with Crippen molar-refractivity contribution >= 4 is 16.6 Å². The highest BCUT2D eigenvalue weighted by Crippen LogP contribution is 2.43. The number of hydrogen-bond acceptors (Lipinski definition) is 6. The SMILES string of the molecule is COCC(C)(F)CN1CCc2c(ccc3[nH]ncc23)C1c1ccc(NC2CN(CCCF)C2)cc1OC. The summed E-state index contributed by atoms with van der Waals surface area (Å²) in [4.78, 5) is 4.46. The molecule has 1 fully saturated rings. The van der Waals surface area contributed by atoms with Crippen molar-refractivity contribution in [3.05, 3.63) is 53.2 Å². The Labute approximate surface area is 217 Å². The van der Waals surface area contributed by atoms with E-state index in [1.165, 1.54) is 12.7 Å². The fraction of sp³-hybridized carbons (Fsp3) is 0.536. The highest BCUT2D eigenvalue weighted by Gasteiger charge is 2.37. The summed E-state index contributed by atoms with van der Waals surface area (Å²) in [5, 5.41) is 12.0. The van der Waals surface area contributed by atoms with Crippen LogP contribution in [0.5, 0.6) is 5.75 Å². The minimum Gasteiger partial charge on any atom is -0.496 e. The van der Waals surface area contributed by atoms with Crippen LogP contribution in [-0.2, 0) is 11.2 Å². The number of benzene rings is 2. The average Bonchev–Trinajstić information content (AvgIpc) is 3.34. The predicted molar refractivity (Wildman–Crippen MR) is 142 cm³/mol. The predicted octanol–water partition coefficient (Wildman–Crippen LogP) is 4.35. The molecule has 3 heterocycles. The van der Waals surface area contributed by atoms with E-state index in [0.717, 1.165) is 59.5 Å². The Kier molecular flexibility index (Phi) is 7.65. The summed E-state index contributed by atoms with van der Waals surface area (Å²) in [6, 6.07) is 10.6. The number of ether oxygens (including phenoxy) is 2. The number of halogens is 2. The molecular weight excluding hydrogens is 476 g/mol. The van der Waals surface area contributed by atoms with Gasteiger partial charge in [-0.2, -0.15) is 5.10 Å². The Hall–Kier alpha value is -2.75. The molecule has 7 nitrogen and oxygen atoms in total. The van der Waals surface area contributed by atoms with Gasteiger partial charge in [0.1, 0.15) is 11.4 Å². The monoisotopic (exact) mass is 513 g/mol. The van der Waals surface area contributed by atoms with Crippen molar-refractivity contribution in [2.24, 2.45) is 0 Å². The van der Waals surface area contributed by atoms with E-state index in [1.807, 2.05) is 12.3 Å². The standard InChI is InChI=1S/C28H37F2N5O2/c1-28(30,18-36-2)17-35-12-9-21-22(7-8-25-24(21)14-31-33-25)27(35)23-6-5-19(13-26(23)37-3)32-20-15-34(16-20)11-4-10-29/h5-8,13-14,20,27,32H,4,9-12,15-18H2,1-3H3,(H,31,33). The molecule has 2 aliphatic heterocycles. The van der Waals surface area contributed by atoms with Crippen molar-refractivity contribution < 1.29 is 18.3 Å². The minimum atomic E-state index is -1.49. The third kappa shape index (κ3) is 5.44. The fourth-order valence-electron chi connectivity index (χ4n) is 5.90. The Morgan fingerprint density at radius 3 is 2.76 bits per heavy atom. The summed E-state index contributed by atoms with van der Waals surface area (Å²) in [5.41, 5.74) is 3.90. The molecule has 5 rings (SSSR count). The average molecular weight is 514 g/mol. The first-order valence-electron chi connectivity index (χ1n) is 13.0. The summed E-state index contributed by atoms with van der Waals surface area (Å²) < 4.78 is 39.0. The highest BCUT2D eigenvalue weighted by atomic mass is 19.1. The van der Waals surface area contributed by atoms with Crippen LogP contribution in [0, 0.1) is 0 Å². The number of H-pyrrole nitrogens is 1. The molecular formula is C28H37F2N5O2. The molecule has 37 heavy (non-hydrogen) atoms.